The third kappa shape index (κ3) is 4.34. The number of halogens is 1. The van der Waals surface area contributed by atoms with Gasteiger partial charge < -0.3 is 20.8 Å². The van der Waals surface area contributed by atoms with Crippen LogP contribution in [0.5, 0.6) is 5.75 Å². The Bertz CT molecular complexity index is 505. The molecule has 0 heterocycles. The molecule has 1 rings (SSSR count). The van der Waals surface area contributed by atoms with Crippen molar-refractivity contribution in [2.24, 2.45) is 0 Å². The molecule has 0 aromatic heterocycles. The zero-order valence-electron chi connectivity index (χ0n) is 11.2. The van der Waals surface area contributed by atoms with Crippen molar-refractivity contribution in [2.45, 2.75) is 26.0 Å². The Morgan fingerprint density at radius 3 is 2.55 bits per heavy atom. The predicted molar refractivity (Wildman–Crippen MR) is 82.4 cm³/mol. The molecular weight excluding hydrogens is 375 g/mol. The number of hydrogen-bond acceptors (Lipinski definition) is 4. The minimum absolute atomic E-state index is 0.0559. The number of likely N-dealkylation sites (N-methyl/N-ethyl adjacent to an activating group) is 1. The van der Waals surface area contributed by atoms with Gasteiger partial charge in [0.2, 0.25) is 5.91 Å². The summed E-state index contributed by atoms with van der Waals surface area (Å²) in [5.74, 6) is -1.26. The predicted octanol–water partition coefficient (Wildman–Crippen LogP) is 0.612. The van der Waals surface area contributed by atoms with E-state index in [1.807, 2.05) is 22.6 Å². The summed E-state index contributed by atoms with van der Waals surface area (Å²) in [5, 5.41) is 24.3. The summed E-state index contributed by atoms with van der Waals surface area (Å²) in [6, 6.07) is 3.50. The van der Waals surface area contributed by atoms with Gasteiger partial charge in [0.1, 0.15) is 11.8 Å². The Kier molecular flexibility index (Phi) is 6.21. The molecule has 6 nitrogen and oxygen atoms in total. The lowest BCUT2D eigenvalue weighted by Gasteiger charge is -2.20. The molecule has 0 radical (unpaired) electrons. The monoisotopic (exact) mass is 392 g/mol. The van der Waals surface area contributed by atoms with E-state index in [2.05, 4.69) is 10.6 Å². The molecule has 0 spiro atoms. The van der Waals surface area contributed by atoms with Gasteiger partial charge in [0.05, 0.1) is 11.7 Å². The zero-order chi connectivity index (χ0) is 15.3. The first kappa shape index (κ1) is 16.7. The quantitative estimate of drug-likeness (QED) is 0.552. The molecule has 0 fully saturated rings. The maximum absolute atomic E-state index is 12.0. The smallest absolute Gasteiger partial charge is 0.255 e. The van der Waals surface area contributed by atoms with Gasteiger partial charge in [-0.25, -0.2) is 0 Å². The maximum atomic E-state index is 12.0. The fraction of sp³-hybridized carbons (Fsp3) is 0.385. The van der Waals surface area contributed by atoms with Gasteiger partial charge in [0.15, 0.2) is 0 Å². The van der Waals surface area contributed by atoms with Crippen LogP contribution in [0.4, 0.5) is 0 Å². The van der Waals surface area contributed by atoms with Crippen LogP contribution in [0.25, 0.3) is 0 Å². The molecule has 0 saturated carbocycles. The molecule has 1 aromatic carbocycles. The molecule has 0 saturated heterocycles. The summed E-state index contributed by atoms with van der Waals surface area (Å²) in [5.41, 5.74) is 0.0559. The molecule has 2 atom stereocenters. The van der Waals surface area contributed by atoms with Crippen molar-refractivity contribution in [1.29, 1.82) is 0 Å². The third-order valence-corrected chi connectivity index (χ3v) is 3.28. The second-order valence-electron chi connectivity index (χ2n) is 4.25. The first-order valence-corrected chi connectivity index (χ1v) is 7.19. The van der Waals surface area contributed by atoms with Crippen LogP contribution in [0.15, 0.2) is 18.2 Å². The second kappa shape index (κ2) is 7.44. The summed E-state index contributed by atoms with van der Waals surface area (Å²) < 4.78 is 0.785. The number of aliphatic hydroxyl groups is 1. The zero-order valence-corrected chi connectivity index (χ0v) is 13.3. The molecule has 7 heteroatoms. The highest BCUT2D eigenvalue weighted by molar-refractivity contribution is 14.1. The summed E-state index contributed by atoms with van der Waals surface area (Å²) in [4.78, 5) is 23.8. The Labute approximate surface area is 130 Å². The molecular formula is C13H17IN2O4. The van der Waals surface area contributed by atoms with E-state index in [-0.39, 0.29) is 11.3 Å². The highest BCUT2D eigenvalue weighted by Gasteiger charge is 2.26. The van der Waals surface area contributed by atoms with E-state index < -0.39 is 24.0 Å². The van der Waals surface area contributed by atoms with Crippen molar-refractivity contribution in [1.82, 2.24) is 10.6 Å². The van der Waals surface area contributed by atoms with Crippen molar-refractivity contribution in [3.8, 4) is 5.75 Å². The fourth-order valence-electron chi connectivity index (χ4n) is 1.61. The van der Waals surface area contributed by atoms with Gasteiger partial charge in [-0.05, 0) is 54.6 Å². The van der Waals surface area contributed by atoms with Gasteiger partial charge in [0, 0.05) is 10.1 Å². The number of carbonyl (C=O) groups is 2. The molecule has 0 aliphatic heterocycles. The first-order valence-electron chi connectivity index (χ1n) is 6.12. The van der Waals surface area contributed by atoms with Crippen molar-refractivity contribution in [3.05, 3.63) is 27.3 Å². The largest absolute Gasteiger partial charge is 0.507 e. The number of hydrogen-bond donors (Lipinski definition) is 4. The van der Waals surface area contributed by atoms with Gasteiger partial charge in [-0.2, -0.15) is 0 Å². The number of nitrogens with one attached hydrogen (secondary N) is 2. The highest BCUT2D eigenvalue weighted by Crippen LogP contribution is 2.20. The molecule has 0 aliphatic carbocycles. The number of rotatable bonds is 5. The lowest BCUT2D eigenvalue weighted by atomic mass is 10.1. The standard InChI is InChI=1S/C13H17IN2O4/c1-3-15-13(20)11(7(2)17)16-12(19)9-5-4-8(14)6-10(9)18/h4-7,11,17-18H,3H2,1-2H3,(H,15,20)(H,16,19)/t7-,11+/m1/s1. The average molecular weight is 392 g/mol. The first-order chi connectivity index (χ1) is 9.36. The second-order valence-corrected chi connectivity index (χ2v) is 5.49. The molecule has 20 heavy (non-hydrogen) atoms. The third-order valence-electron chi connectivity index (χ3n) is 2.61. The highest BCUT2D eigenvalue weighted by atomic mass is 127. The number of phenols is 1. The maximum Gasteiger partial charge on any atom is 0.255 e. The van der Waals surface area contributed by atoms with Crippen molar-refractivity contribution >= 4 is 34.4 Å². The van der Waals surface area contributed by atoms with Gasteiger partial charge in [-0.3, -0.25) is 9.59 Å². The average Bonchev–Trinajstić information content (AvgIpc) is 2.35. The summed E-state index contributed by atoms with van der Waals surface area (Å²) >= 11 is 2.01. The topological polar surface area (TPSA) is 98.7 Å². The van der Waals surface area contributed by atoms with Crippen molar-refractivity contribution < 1.29 is 19.8 Å². The van der Waals surface area contributed by atoms with Crippen LogP contribution < -0.4 is 10.6 Å². The molecule has 0 unspecified atom stereocenters. The number of carbonyl (C=O) groups excluding carboxylic acids is 2. The molecule has 0 aliphatic rings. The van der Waals surface area contributed by atoms with Gasteiger partial charge in [-0.1, -0.05) is 0 Å². The Morgan fingerprint density at radius 2 is 2.05 bits per heavy atom. The van der Waals surface area contributed by atoms with E-state index in [0.717, 1.165) is 3.57 Å². The van der Waals surface area contributed by atoms with Crippen LogP contribution in [0.3, 0.4) is 0 Å². The fourth-order valence-corrected chi connectivity index (χ4v) is 2.08. The van der Waals surface area contributed by atoms with Gasteiger partial charge in [-0.15, -0.1) is 0 Å². The minimum Gasteiger partial charge on any atom is -0.507 e. The summed E-state index contributed by atoms with van der Waals surface area (Å²) in [6.07, 6.45) is -1.04. The minimum atomic E-state index is -1.07. The van der Waals surface area contributed by atoms with E-state index in [1.165, 1.54) is 19.1 Å². The molecule has 2 amide bonds. The normalized spacial score (nSPS) is 13.4. The summed E-state index contributed by atoms with van der Waals surface area (Å²) in [6.45, 7) is 3.55. The number of aromatic hydroxyl groups is 1. The molecule has 1 aromatic rings. The van der Waals surface area contributed by atoms with Crippen LogP contribution in [0.1, 0.15) is 24.2 Å². The number of benzene rings is 1. The van der Waals surface area contributed by atoms with Gasteiger partial charge >= 0.3 is 0 Å². The van der Waals surface area contributed by atoms with Crippen LogP contribution in [-0.4, -0.2) is 40.7 Å². The van der Waals surface area contributed by atoms with E-state index >= 15 is 0 Å². The van der Waals surface area contributed by atoms with E-state index in [4.69, 9.17) is 0 Å². The van der Waals surface area contributed by atoms with E-state index in [9.17, 15) is 19.8 Å². The Morgan fingerprint density at radius 1 is 1.40 bits per heavy atom. The van der Waals surface area contributed by atoms with Crippen molar-refractivity contribution in [3.63, 3.8) is 0 Å². The molecule has 0 bridgehead atoms. The SMILES string of the molecule is CCNC(=O)[C@@H](NC(=O)c1ccc(I)cc1O)[C@@H](C)O. The molecule has 4 N–H and O–H groups in total. The van der Waals surface area contributed by atoms with Gasteiger partial charge in [0.25, 0.3) is 5.91 Å². The van der Waals surface area contributed by atoms with Crippen LogP contribution >= 0.6 is 22.6 Å². The Hall–Kier alpha value is -1.35. The van der Waals surface area contributed by atoms with Crippen LogP contribution in [-0.2, 0) is 4.79 Å². The Balaban J connectivity index is 2.88. The lowest BCUT2D eigenvalue weighted by molar-refractivity contribution is -0.125. The van der Waals surface area contributed by atoms with Crippen LogP contribution in [0.2, 0.25) is 0 Å². The number of amides is 2. The molecule has 110 valence electrons. The van der Waals surface area contributed by atoms with Crippen LogP contribution in [0, 0.1) is 3.57 Å². The summed E-state index contributed by atoms with van der Waals surface area (Å²) in [7, 11) is 0. The number of phenolic OH excluding ortho intramolecular Hbond substituents is 1. The van der Waals surface area contributed by atoms with Crippen molar-refractivity contribution in [2.75, 3.05) is 6.54 Å². The number of aliphatic hydroxyl groups excluding tert-OH is 1. The van der Waals surface area contributed by atoms with E-state index in [1.54, 1.807) is 13.0 Å². The lowest BCUT2D eigenvalue weighted by Crippen LogP contribution is -2.52. The van der Waals surface area contributed by atoms with E-state index in [0.29, 0.717) is 6.54 Å².